The number of hydrogen-bond donors (Lipinski definition) is 0. The highest BCUT2D eigenvalue weighted by Crippen LogP contribution is 2.40. The number of piperazine rings is 1. The minimum atomic E-state index is -0.701. The number of carbonyl (C=O) groups excluding carboxylic acids is 2. The molecule has 6 heterocycles. The normalized spacial score (nSPS) is 20.0. The summed E-state index contributed by atoms with van der Waals surface area (Å²) in [5.74, 6) is -0.604. The zero-order chi connectivity index (χ0) is 33.4. The fraction of sp³-hybridized carbons (Fsp3) is 0.429. The lowest BCUT2D eigenvalue weighted by molar-refractivity contribution is -0.179. The van der Waals surface area contributed by atoms with E-state index in [0.717, 1.165) is 49.5 Å². The monoisotopic (exact) mass is 671 g/mol. The van der Waals surface area contributed by atoms with Crippen LogP contribution >= 0.6 is 11.6 Å². The van der Waals surface area contributed by atoms with E-state index in [1.807, 2.05) is 35.2 Å². The van der Waals surface area contributed by atoms with Crippen molar-refractivity contribution in [3.05, 3.63) is 53.4 Å². The Bertz CT molecular complexity index is 1920. The number of aromatic nitrogens is 3. The van der Waals surface area contributed by atoms with Crippen molar-refractivity contribution in [1.82, 2.24) is 24.8 Å². The van der Waals surface area contributed by atoms with Crippen molar-refractivity contribution in [3.8, 4) is 23.3 Å². The van der Waals surface area contributed by atoms with E-state index in [9.17, 15) is 9.59 Å². The van der Waals surface area contributed by atoms with Crippen LogP contribution in [0.4, 0.5) is 10.2 Å². The molecule has 0 bridgehead atoms. The van der Waals surface area contributed by atoms with E-state index in [-0.39, 0.29) is 41.1 Å². The van der Waals surface area contributed by atoms with Crippen LogP contribution in [-0.4, -0.2) is 94.1 Å². The minimum Gasteiger partial charge on any atom is -0.461 e. The third-order valence-electron chi connectivity index (χ3n) is 9.83. The fourth-order valence-corrected chi connectivity index (χ4v) is 7.73. The molecular weight excluding hydrogens is 637 g/mol. The number of anilines is 1. The lowest BCUT2D eigenvalue weighted by atomic mass is 9.95. The van der Waals surface area contributed by atoms with E-state index in [0.29, 0.717) is 54.6 Å². The van der Waals surface area contributed by atoms with Gasteiger partial charge in [-0.1, -0.05) is 41.9 Å². The number of halogens is 2. The van der Waals surface area contributed by atoms with Gasteiger partial charge in [-0.05, 0) is 50.2 Å². The maximum absolute atomic E-state index is 16.7. The maximum Gasteiger partial charge on any atom is 0.319 e. The second-order valence-electron chi connectivity index (χ2n) is 12.6. The Balaban J connectivity index is 0.00000117. The highest BCUT2D eigenvalue weighted by Gasteiger charge is 2.45. The first kappa shape index (κ1) is 32.0. The summed E-state index contributed by atoms with van der Waals surface area (Å²) in [6, 6.07) is 13.1. The summed E-state index contributed by atoms with van der Waals surface area (Å²) < 4.78 is 28.0. The van der Waals surface area contributed by atoms with Crippen LogP contribution in [0.15, 0.2) is 42.6 Å². The Morgan fingerprint density at radius 3 is 2.48 bits per heavy atom. The SMILES string of the molecule is CC#N.O=C1CC(C(=O)N2CCN(c3nc(OCC45CCCN4CCC5)nc4c(F)c(-c5cccc6cccc(Cl)c56)ncc34)CC2)O1. The first-order valence-electron chi connectivity index (χ1n) is 16.3. The molecular formula is C35H35ClFN7O4. The number of benzene rings is 2. The van der Waals surface area contributed by atoms with Gasteiger partial charge in [0, 0.05) is 55.3 Å². The number of rotatable bonds is 6. The number of pyridine rings is 1. The molecule has 0 N–H and O–H groups in total. The molecule has 2 aromatic carbocycles. The predicted molar refractivity (Wildman–Crippen MR) is 178 cm³/mol. The minimum absolute atomic E-state index is 0.0307. The predicted octanol–water partition coefficient (Wildman–Crippen LogP) is 5.14. The number of nitriles is 1. The Morgan fingerprint density at radius 2 is 1.79 bits per heavy atom. The molecule has 48 heavy (non-hydrogen) atoms. The van der Waals surface area contributed by atoms with Crippen molar-refractivity contribution in [2.24, 2.45) is 0 Å². The summed E-state index contributed by atoms with van der Waals surface area (Å²) in [4.78, 5) is 44.3. The fourth-order valence-electron chi connectivity index (χ4n) is 7.45. The Kier molecular flexibility index (Phi) is 8.74. The molecule has 4 fully saturated rings. The molecule has 1 unspecified atom stereocenters. The summed E-state index contributed by atoms with van der Waals surface area (Å²) in [5, 5.41) is 9.90. The van der Waals surface area contributed by atoms with Crippen LogP contribution in [0.3, 0.4) is 0 Å². The summed E-state index contributed by atoms with van der Waals surface area (Å²) >= 11 is 6.60. The van der Waals surface area contributed by atoms with E-state index in [1.165, 1.54) is 6.92 Å². The second-order valence-corrected chi connectivity index (χ2v) is 13.0. The number of carbonyl (C=O) groups is 2. The Labute approximate surface area is 282 Å². The van der Waals surface area contributed by atoms with Crippen molar-refractivity contribution in [2.45, 2.75) is 50.7 Å². The van der Waals surface area contributed by atoms with Crippen molar-refractivity contribution >= 4 is 51.0 Å². The quantitative estimate of drug-likeness (QED) is 0.255. The molecule has 4 aliphatic rings. The third kappa shape index (κ3) is 5.75. The van der Waals surface area contributed by atoms with Gasteiger partial charge in [0.05, 0.1) is 23.4 Å². The Morgan fingerprint density at radius 1 is 1.10 bits per heavy atom. The molecule has 13 heteroatoms. The van der Waals surface area contributed by atoms with Gasteiger partial charge in [-0.15, -0.1) is 0 Å². The standard InChI is InChI=1S/C33H32ClFN6O4.C2H3N/c34-23-8-2-6-20-5-1-7-21(26(20)23)28-27(35)29-22(18-36-28)30(39-13-15-40(16-14-39)31(43)24-17-25(42)45-24)38-32(37-29)44-19-33-9-3-11-41(33)12-4-10-33;1-2-3/h1-2,5-8,18,24H,3-4,9-17,19H2;1H3. The highest BCUT2D eigenvalue weighted by atomic mass is 35.5. The van der Waals surface area contributed by atoms with Gasteiger partial charge in [-0.3, -0.25) is 19.5 Å². The van der Waals surface area contributed by atoms with E-state index in [4.69, 9.17) is 31.3 Å². The van der Waals surface area contributed by atoms with Gasteiger partial charge in [0.25, 0.3) is 5.91 Å². The summed E-state index contributed by atoms with van der Waals surface area (Å²) in [6.07, 6.45) is 5.41. The molecule has 2 aromatic heterocycles. The molecule has 0 spiro atoms. The molecule has 4 aliphatic heterocycles. The van der Waals surface area contributed by atoms with Gasteiger partial charge in [0.1, 0.15) is 23.6 Å². The molecule has 248 valence electrons. The zero-order valence-corrected chi connectivity index (χ0v) is 27.4. The summed E-state index contributed by atoms with van der Waals surface area (Å²) in [5.41, 5.74) is 0.821. The van der Waals surface area contributed by atoms with E-state index >= 15 is 4.39 Å². The smallest absolute Gasteiger partial charge is 0.319 e. The largest absolute Gasteiger partial charge is 0.461 e. The lowest BCUT2D eigenvalue weighted by Crippen LogP contribution is -2.55. The molecule has 0 aliphatic carbocycles. The lowest BCUT2D eigenvalue weighted by Gasteiger charge is -2.38. The number of fused-ring (bicyclic) bond motifs is 3. The van der Waals surface area contributed by atoms with E-state index < -0.39 is 11.9 Å². The van der Waals surface area contributed by atoms with Crippen molar-refractivity contribution in [2.75, 3.05) is 50.8 Å². The number of amides is 1. The number of hydrogen-bond acceptors (Lipinski definition) is 10. The van der Waals surface area contributed by atoms with Crippen molar-refractivity contribution in [3.63, 3.8) is 0 Å². The molecule has 11 nitrogen and oxygen atoms in total. The van der Waals surface area contributed by atoms with Crippen LogP contribution in [0.1, 0.15) is 39.0 Å². The van der Waals surface area contributed by atoms with Crippen LogP contribution in [0.25, 0.3) is 32.9 Å². The number of cyclic esters (lactones) is 1. The molecule has 1 amide bonds. The van der Waals surface area contributed by atoms with Crippen LogP contribution < -0.4 is 9.64 Å². The summed E-state index contributed by atoms with van der Waals surface area (Å²) in [7, 11) is 0. The van der Waals surface area contributed by atoms with Gasteiger partial charge in [0.15, 0.2) is 11.9 Å². The van der Waals surface area contributed by atoms with Gasteiger partial charge < -0.3 is 19.3 Å². The molecule has 4 saturated heterocycles. The molecule has 4 aromatic rings. The molecule has 0 saturated carbocycles. The van der Waals surface area contributed by atoms with E-state index in [1.54, 1.807) is 23.2 Å². The maximum atomic E-state index is 16.7. The molecule has 1 atom stereocenters. The highest BCUT2D eigenvalue weighted by molar-refractivity contribution is 6.36. The van der Waals surface area contributed by atoms with Crippen LogP contribution in [0.2, 0.25) is 5.02 Å². The van der Waals surface area contributed by atoms with Gasteiger partial charge in [-0.25, -0.2) is 4.39 Å². The Hall–Kier alpha value is -4.60. The number of esters is 1. The first-order valence-corrected chi connectivity index (χ1v) is 16.7. The third-order valence-corrected chi connectivity index (χ3v) is 10.1. The van der Waals surface area contributed by atoms with Crippen molar-refractivity contribution in [1.29, 1.82) is 5.26 Å². The van der Waals surface area contributed by atoms with Crippen LogP contribution in [-0.2, 0) is 14.3 Å². The topological polar surface area (TPSA) is 125 Å². The van der Waals surface area contributed by atoms with Gasteiger partial charge in [-0.2, -0.15) is 15.2 Å². The number of nitrogens with zero attached hydrogens (tertiary/aromatic N) is 7. The number of ether oxygens (including phenoxy) is 2. The summed E-state index contributed by atoms with van der Waals surface area (Å²) in [6.45, 7) is 5.74. The zero-order valence-electron chi connectivity index (χ0n) is 26.6. The molecule has 8 rings (SSSR count). The van der Waals surface area contributed by atoms with Crippen LogP contribution in [0, 0.1) is 17.1 Å². The first-order chi connectivity index (χ1) is 23.3. The van der Waals surface area contributed by atoms with E-state index in [2.05, 4.69) is 14.9 Å². The van der Waals surface area contributed by atoms with Gasteiger partial charge in [0.2, 0.25) is 0 Å². The van der Waals surface area contributed by atoms with Gasteiger partial charge >= 0.3 is 12.0 Å². The average Bonchev–Trinajstić information content (AvgIpc) is 3.67. The van der Waals surface area contributed by atoms with Crippen molar-refractivity contribution < 1.29 is 23.5 Å². The molecule has 0 radical (unpaired) electrons. The second kappa shape index (κ2) is 13.1. The average molecular weight is 672 g/mol. The van der Waals surface area contributed by atoms with Crippen LogP contribution in [0.5, 0.6) is 6.01 Å².